The highest BCUT2D eigenvalue weighted by Gasteiger charge is 2.15. The summed E-state index contributed by atoms with van der Waals surface area (Å²) in [6.45, 7) is 5.01. The smallest absolute Gasteiger partial charge is 0.320 e. The Hall–Kier alpha value is -1.55. The van der Waals surface area contributed by atoms with E-state index < -0.39 is 12.0 Å². The van der Waals surface area contributed by atoms with Gasteiger partial charge in [-0.3, -0.25) is 4.79 Å². The standard InChI is InChI=1S/C14H21NO3/c1-3-11-7-5-6-8-13(11)18-10-9-12(14(16)17)15-4-2/h5-8,12,15H,3-4,9-10H2,1-2H3,(H,16,17). The van der Waals surface area contributed by atoms with Crippen molar-refractivity contribution in [3.63, 3.8) is 0 Å². The Labute approximate surface area is 108 Å². The number of nitrogens with one attached hydrogen (secondary N) is 1. The minimum Gasteiger partial charge on any atom is -0.493 e. The van der Waals surface area contributed by atoms with Gasteiger partial charge in [-0.1, -0.05) is 32.0 Å². The lowest BCUT2D eigenvalue weighted by molar-refractivity contribution is -0.139. The first kappa shape index (κ1) is 14.5. The molecule has 0 radical (unpaired) electrons. The van der Waals surface area contributed by atoms with Crippen molar-refractivity contribution in [2.24, 2.45) is 0 Å². The molecule has 0 aliphatic heterocycles. The van der Waals surface area contributed by atoms with E-state index in [1.807, 2.05) is 31.2 Å². The molecular weight excluding hydrogens is 230 g/mol. The summed E-state index contributed by atoms with van der Waals surface area (Å²) >= 11 is 0. The molecule has 1 aromatic carbocycles. The predicted molar refractivity (Wildman–Crippen MR) is 71.0 cm³/mol. The molecule has 0 heterocycles. The average molecular weight is 251 g/mol. The molecule has 1 aromatic rings. The lowest BCUT2D eigenvalue weighted by Crippen LogP contribution is -2.37. The molecule has 4 heteroatoms. The molecule has 1 atom stereocenters. The van der Waals surface area contributed by atoms with Crippen molar-refractivity contribution in [1.29, 1.82) is 0 Å². The van der Waals surface area contributed by atoms with Crippen molar-refractivity contribution < 1.29 is 14.6 Å². The highest BCUT2D eigenvalue weighted by atomic mass is 16.5. The molecule has 1 unspecified atom stereocenters. The molecule has 0 saturated carbocycles. The van der Waals surface area contributed by atoms with Crippen LogP contribution in [0.25, 0.3) is 0 Å². The van der Waals surface area contributed by atoms with Crippen LogP contribution in [0.2, 0.25) is 0 Å². The van der Waals surface area contributed by atoms with Crippen LogP contribution in [0.1, 0.15) is 25.8 Å². The van der Waals surface area contributed by atoms with Crippen LogP contribution < -0.4 is 10.1 Å². The molecule has 2 N–H and O–H groups in total. The SMILES string of the molecule is CCNC(CCOc1ccccc1CC)C(=O)O. The summed E-state index contributed by atoms with van der Waals surface area (Å²) in [5, 5.41) is 11.9. The fraction of sp³-hybridized carbons (Fsp3) is 0.500. The fourth-order valence-corrected chi connectivity index (χ4v) is 1.78. The van der Waals surface area contributed by atoms with Gasteiger partial charge in [0.15, 0.2) is 0 Å². The Kier molecular flexibility index (Phi) is 6.22. The monoisotopic (exact) mass is 251 g/mol. The first-order chi connectivity index (χ1) is 8.69. The maximum absolute atomic E-state index is 10.9. The Morgan fingerprint density at radius 1 is 1.39 bits per heavy atom. The summed E-state index contributed by atoms with van der Waals surface area (Å²) in [4.78, 5) is 10.9. The third-order valence-corrected chi connectivity index (χ3v) is 2.77. The van der Waals surface area contributed by atoms with E-state index in [9.17, 15) is 4.79 Å². The zero-order valence-electron chi connectivity index (χ0n) is 11.0. The second-order valence-electron chi connectivity index (χ2n) is 4.05. The van der Waals surface area contributed by atoms with Gasteiger partial charge in [-0.05, 0) is 24.6 Å². The topological polar surface area (TPSA) is 58.6 Å². The second kappa shape index (κ2) is 7.71. The molecule has 0 bridgehead atoms. The summed E-state index contributed by atoms with van der Waals surface area (Å²) in [7, 11) is 0. The van der Waals surface area contributed by atoms with Crippen LogP contribution in [-0.4, -0.2) is 30.3 Å². The average Bonchev–Trinajstić information content (AvgIpc) is 2.38. The zero-order valence-corrected chi connectivity index (χ0v) is 11.0. The number of carboxylic acids is 1. The molecule has 0 saturated heterocycles. The van der Waals surface area contributed by atoms with E-state index >= 15 is 0 Å². The van der Waals surface area contributed by atoms with Crippen molar-refractivity contribution in [2.45, 2.75) is 32.7 Å². The molecule has 0 spiro atoms. The minimum atomic E-state index is -0.829. The molecule has 18 heavy (non-hydrogen) atoms. The highest BCUT2D eigenvalue weighted by molar-refractivity contribution is 5.73. The number of para-hydroxylation sites is 1. The van der Waals surface area contributed by atoms with Crippen LogP contribution in [0, 0.1) is 0 Å². The Morgan fingerprint density at radius 2 is 2.11 bits per heavy atom. The number of benzene rings is 1. The van der Waals surface area contributed by atoms with Crippen LogP contribution >= 0.6 is 0 Å². The van der Waals surface area contributed by atoms with Gasteiger partial charge in [0.25, 0.3) is 0 Å². The molecule has 0 aromatic heterocycles. The van der Waals surface area contributed by atoms with Crippen LogP contribution in [0.4, 0.5) is 0 Å². The molecule has 0 aliphatic carbocycles. The normalized spacial score (nSPS) is 12.1. The van der Waals surface area contributed by atoms with Crippen LogP contribution in [-0.2, 0) is 11.2 Å². The van der Waals surface area contributed by atoms with Crippen molar-refractivity contribution in [3.8, 4) is 5.75 Å². The van der Waals surface area contributed by atoms with Gasteiger partial charge in [-0.15, -0.1) is 0 Å². The molecule has 0 aliphatic rings. The lowest BCUT2D eigenvalue weighted by atomic mass is 10.1. The minimum absolute atomic E-state index is 0.404. The third-order valence-electron chi connectivity index (χ3n) is 2.77. The Morgan fingerprint density at radius 3 is 2.72 bits per heavy atom. The Balaban J connectivity index is 2.47. The van der Waals surface area contributed by atoms with Crippen LogP contribution in [0.3, 0.4) is 0 Å². The van der Waals surface area contributed by atoms with Crippen molar-refractivity contribution in [2.75, 3.05) is 13.2 Å². The maximum Gasteiger partial charge on any atom is 0.320 e. The maximum atomic E-state index is 10.9. The first-order valence-electron chi connectivity index (χ1n) is 6.35. The van der Waals surface area contributed by atoms with E-state index in [1.54, 1.807) is 0 Å². The number of hydrogen-bond acceptors (Lipinski definition) is 3. The van der Waals surface area contributed by atoms with E-state index in [4.69, 9.17) is 9.84 Å². The van der Waals surface area contributed by atoms with Crippen LogP contribution in [0.5, 0.6) is 5.75 Å². The van der Waals surface area contributed by atoms with E-state index in [0.717, 1.165) is 17.7 Å². The molecule has 4 nitrogen and oxygen atoms in total. The number of aliphatic carboxylic acids is 1. The van der Waals surface area contributed by atoms with Crippen LogP contribution in [0.15, 0.2) is 24.3 Å². The van der Waals surface area contributed by atoms with Gasteiger partial charge in [-0.25, -0.2) is 0 Å². The van der Waals surface area contributed by atoms with Gasteiger partial charge in [-0.2, -0.15) is 0 Å². The largest absolute Gasteiger partial charge is 0.493 e. The van der Waals surface area contributed by atoms with E-state index in [1.165, 1.54) is 0 Å². The zero-order chi connectivity index (χ0) is 13.4. The number of rotatable bonds is 8. The molecule has 1 rings (SSSR count). The van der Waals surface area contributed by atoms with Crippen molar-refractivity contribution in [3.05, 3.63) is 29.8 Å². The number of likely N-dealkylation sites (N-methyl/N-ethyl adjacent to an activating group) is 1. The summed E-state index contributed by atoms with van der Waals surface area (Å²) in [5.41, 5.74) is 1.15. The summed E-state index contributed by atoms with van der Waals surface area (Å²) < 4.78 is 5.65. The summed E-state index contributed by atoms with van der Waals surface area (Å²) in [5.74, 6) is 0.0184. The highest BCUT2D eigenvalue weighted by Crippen LogP contribution is 2.18. The van der Waals surface area contributed by atoms with Gasteiger partial charge in [0.1, 0.15) is 11.8 Å². The number of carbonyl (C=O) groups is 1. The Bertz CT molecular complexity index is 379. The third kappa shape index (κ3) is 4.37. The van der Waals surface area contributed by atoms with Gasteiger partial charge < -0.3 is 15.2 Å². The number of ether oxygens (including phenoxy) is 1. The molecule has 100 valence electrons. The molecular formula is C14H21NO3. The molecule has 0 fully saturated rings. The lowest BCUT2D eigenvalue weighted by Gasteiger charge is -2.14. The number of carboxylic acid groups (broad SMARTS) is 1. The summed E-state index contributed by atoms with van der Waals surface area (Å²) in [6, 6.07) is 7.30. The predicted octanol–water partition coefficient (Wildman–Crippen LogP) is 2.08. The second-order valence-corrected chi connectivity index (χ2v) is 4.05. The van der Waals surface area contributed by atoms with Crippen molar-refractivity contribution >= 4 is 5.97 Å². The molecule has 0 amide bonds. The number of aryl methyl sites for hydroxylation is 1. The van der Waals surface area contributed by atoms with E-state index in [0.29, 0.717) is 19.6 Å². The van der Waals surface area contributed by atoms with E-state index in [-0.39, 0.29) is 0 Å². The van der Waals surface area contributed by atoms with Gasteiger partial charge in [0.2, 0.25) is 0 Å². The van der Waals surface area contributed by atoms with E-state index in [2.05, 4.69) is 12.2 Å². The fourth-order valence-electron chi connectivity index (χ4n) is 1.78. The van der Waals surface area contributed by atoms with Gasteiger partial charge in [0, 0.05) is 6.42 Å². The van der Waals surface area contributed by atoms with Crippen molar-refractivity contribution in [1.82, 2.24) is 5.32 Å². The van der Waals surface area contributed by atoms with Gasteiger partial charge >= 0.3 is 5.97 Å². The summed E-state index contributed by atoms with van der Waals surface area (Å²) in [6.07, 6.45) is 1.37. The first-order valence-corrected chi connectivity index (χ1v) is 6.35. The van der Waals surface area contributed by atoms with Gasteiger partial charge in [0.05, 0.1) is 6.61 Å². The number of hydrogen-bond donors (Lipinski definition) is 2. The quantitative estimate of drug-likeness (QED) is 0.742.